The molecule has 0 fully saturated rings. The lowest BCUT2D eigenvalue weighted by Crippen LogP contribution is -2.14. The zero-order valence-electron chi connectivity index (χ0n) is 32.5. The van der Waals surface area contributed by atoms with E-state index in [9.17, 15) is 0 Å². The van der Waals surface area contributed by atoms with Crippen LogP contribution in [-0.4, -0.2) is 19.5 Å². The van der Waals surface area contributed by atoms with Gasteiger partial charge in [-0.25, -0.2) is 15.0 Å². The predicted octanol–water partition coefficient (Wildman–Crippen LogP) is 13.8. The predicted molar refractivity (Wildman–Crippen MR) is 241 cm³/mol. The summed E-state index contributed by atoms with van der Waals surface area (Å²) in [6.45, 7) is 4.69. The maximum atomic E-state index is 6.90. The van der Waals surface area contributed by atoms with E-state index in [1.807, 2.05) is 48.5 Å². The Morgan fingerprint density at radius 3 is 1.92 bits per heavy atom. The number of rotatable bonds is 5. The third-order valence-electron chi connectivity index (χ3n) is 12.3. The van der Waals surface area contributed by atoms with Gasteiger partial charge in [-0.15, -0.1) is 0 Å². The third-order valence-corrected chi connectivity index (χ3v) is 12.3. The van der Waals surface area contributed by atoms with Gasteiger partial charge in [-0.3, -0.25) is 0 Å². The van der Waals surface area contributed by atoms with Crippen molar-refractivity contribution in [2.24, 2.45) is 0 Å². The standard InChI is InChI=1S/C54H36N4O/c1-54(2)41-25-12-9-22-37(41)47-42(54)29-31-44-48(47)38-23-10-13-26-43(38)58(44)45-30-28-40(50-49(45)39-24-11-14-27-46(39)59-50)53-56-51(34-18-7-4-8-19-34)55-52(57-53)36-21-15-20-35(32-36)33-16-5-3-6-17-33/h3-32H,1-2H3. The lowest BCUT2D eigenvalue weighted by Gasteiger charge is -2.21. The summed E-state index contributed by atoms with van der Waals surface area (Å²) in [4.78, 5) is 15.5. The highest BCUT2D eigenvalue weighted by Gasteiger charge is 2.37. The highest BCUT2D eigenvalue weighted by Crippen LogP contribution is 2.53. The van der Waals surface area contributed by atoms with E-state index in [-0.39, 0.29) is 5.41 Å². The summed E-state index contributed by atoms with van der Waals surface area (Å²) in [5, 5.41) is 4.54. The maximum absolute atomic E-state index is 6.90. The van der Waals surface area contributed by atoms with Crippen molar-refractivity contribution in [1.29, 1.82) is 0 Å². The van der Waals surface area contributed by atoms with Crippen LogP contribution in [0.4, 0.5) is 0 Å². The molecule has 0 saturated carbocycles. The van der Waals surface area contributed by atoms with Crippen molar-refractivity contribution in [3.63, 3.8) is 0 Å². The van der Waals surface area contributed by atoms with Gasteiger partial charge in [-0.05, 0) is 69.8 Å². The highest BCUT2D eigenvalue weighted by molar-refractivity contribution is 6.20. The van der Waals surface area contributed by atoms with Crippen LogP contribution in [-0.2, 0) is 5.41 Å². The van der Waals surface area contributed by atoms with Gasteiger partial charge in [0.2, 0.25) is 0 Å². The smallest absolute Gasteiger partial charge is 0.167 e. The van der Waals surface area contributed by atoms with Crippen LogP contribution in [0.5, 0.6) is 0 Å². The Kier molecular flexibility index (Phi) is 7.20. The molecule has 0 N–H and O–H groups in total. The van der Waals surface area contributed by atoms with E-state index >= 15 is 0 Å². The Hall–Kier alpha value is -7.63. The number of fused-ring (bicyclic) bond motifs is 10. The molecule has 59 heavy (non-hydrogen) atoms. The SMILES string of the molecule is CC1(C)c2ccccc2-c2c1ccc1c2c2ccccc2n1-c1ccc(-c2nc(-c3ccccc3)nc(-c3cccc(-c4ccccc4)c3)n2)c2oc3ccccc3c12. The van der Waals surface area contributed by atoms with Crippen molar-refractivity contribution in [3.8, 4) is 62.1 Å². The number of furan rings is 1. The van der Waals surface area contributed by atoms with Gasteiger partial charge in [0.15, 0.2) is 17.5 Å². The lowest BCUT2D eigenvalue weighted by molar-refractivity contribution is 0.661. The molecule has 1 aliphatic rings. The zero-order valence-corrected chi connectivity index (χ0v) is 32.5. The van der Waals surface area contributed by atoms with Gasteiger partial charge in [-0.1, -0.05) is 159 Å². The van der Waals surface area contributed by atoms with Crippen molar-refractivity contribution in [2.75, 3.05) is 0 Å². The number of hydrogen-bond donors (Lipinski definition) is 0. The Balaban J connectivity index is 1.13. The van der Waals surface area contributed by atoms with Crippen LogP contribution in [0.1, 0.15) is 25.0 Å². The van der Waals surface area contributed by atoms with Crippen LogP contribution in [0.25, 0.3) is 106 Å². The number of hydrogen-bond acceptors (Lipinski definition) is 4. The fraction of sp³-hybridized carbons (Fsp3) is 0.0556. The van der Waals surface area contributed by atoms with Gasteiger partial charge in [0.05, 0.1) is 27.7 Å². The fourth-order valence-electron chi connectivity index (χ4n) is 9.50. The molecule has 0 amide bonds. The van der Waals surface area contributed by atoms with Crippen molar-refractivity contribution in [2.45, 2.75) is 19.3 Å². The molecule has 278 valence electrons. The largest absolute Gasteiger partial charge is 0.455 e. The van der Waals surface area contributed by atoms with E-state index in [0.29, 0.717) is 17.5 Å². The molecule has 0 bridgehead atoms. The van der Waals surface area contributed by atoms with E-state index in [4.69, 9.17) is 19.4 Å². The molecular formula is C54H36N4O. The molecule has 0 spiro atoms. The average molecular weight is 757 g/mol. The molecule has 0 aliphatic heterocycles. The molecule has 12 rings (SSSR count). The summed E-state index contributed by atoms with van der Waals surface area (Å²) in [7, 11) is 0. The first-order valence-corrected chi connectivity index (χ1v) is 20.1. The van der Waals surface area contributed by atoms with Crippen LogP contribution in [0.15, 0.2) is 186 Å². The molecule has 3 aromatic heterocycles. The molecule has 0 atom stereocenters. The molecule has 5 heteroatoms. The van der Waals surface area contributed by atoms with E-state index in [1.165, 1.54) is 33.0 Å². The second-order valence-corrected chi connectivity index (χ2v) is 16.0. The van der Waals surface area contributed by atoms with Crippen LogP contribution in [0.2, 0.25) is 0 Å². The van der Waals surface area contributed by atoms with E-state index in [1.54, 1.807) is 0 Å². The number of nitrogens with zero attached hydrogens (tertiary/aromatic N) is 4. The fourth-order valence-corrected chi connectivity index (χ4v) is 9.50. The van der Waals surface area contributed by atoms with E-state index in [0.717, 1.165) is 66.5 Å². The Labute approximate surface area is 340 Å². The van der Waals surface area contributed by atoms with Crippen molar-refractivity contribution >= 4 is 43.7 Å². The minimum absolute atomic E-state index is 0.107. The van der Waals surface area contributed by atoms with Gasteiger partial charge in [0.1, 0.15) is 11.2 Å². The number of aromatic nitrogens is 4. The molecule has 8 aromatic carbocycles. The van der Waals surface area contributed by atoms with Gasteiger partial charge < -0.3 is 8.98 Å². The molecule has 0 radical (unpaired) electrons. The minimum Gasteiger partial charge on any atom is -0.455 e. The Morgan fingerprint density at radius 1 is 0.441 bits per heavy atom. The number of para-hydroxylation sites is 2. The van der Waals surface area contributed by atoms with Crippen molar-refractivity contribution < 1.29 is 4.42 Å². The van der Waals surface area contributed by atoms with Gasteiger partial charge in [0.25, 0.3) is 0 Å². The highest BCUT2D eigenvalue weighted by atomic mass is 16.3. The molecule has 0 saturated heterocycles. The normalized spacial score (nSPS) is 13.1. The zero-order chi connectivity index (χ0) is 39.2. The molecule has 0 unspecified atom stereocenters. The Bertz CT molecular complexity index is 3470. The topological polar surface area (TPSA) is 56.7 Å². The number of benzene rings is 8. The summed E-state index contributed by atoms with van der Waals surface area (Å²) in [6, 6.07) is 64.0. The van der Waals surface area contributed by atoms with Crippen molar-refractivity contribution in [3.05, 3.63) is 193 Å². The van der Waals surface area contributed by atoms with Crippen LogP contribution >= 0.6 is 0 Å². The van der Waals surface area contributed by atoms with E-state index < -0.39 is 0 Å². The maximum Gasteiger partial charge on any atom is 0.167 e. The Morgan fingerprint density at radius 2 is 1.08 bits per heavy atom. The van der Waals surface area contributed by atoms with Crippen LogP contribution < -0.4 is 0 Å². The summed E-state index contributed by atoms with van der Waals surface area (Å²) in [5.74, 6) is 1.75. The average Bonchev–Trinajstić information content (AvgIpc) is 3.93. The second kappa shape index (κ2) is 12.7. The molecule has 3 heterocycles. The monoisotopic (exact) mass is 756 g/mol. The quantitative estimate of drug-likeness (QED) is 0.175. The van der Waals surface area contributed by atoms with Gasteiger partial charge in [-0.2, -0.15) is 0 Å². The van der Waals surface area contributed by atoms with Gasteiger partial charge in [0, 0.05) is 32.7 Å². The lowest BCUT2D eigenvalue weighted by atomic mass is 9.82. The van der Waals surface area contributed by atoms with Crippen molar-refractivity contribution in [1.82, 2.24) is 19.5 Å². The first-order chi connectivity index (χ1) is 29.0. The molecule has 1 aliphatic carbocycles. The summed E-state index contributed by atoms with van der Waals surface area (Å²) < 4.78 is 9.33. The second-order valence-electron chi connectivity index (χ2n) is 16.0. The van der Waals surface area contributed by atoms with Gasteiger partial charge >= 0.3 is 0 Å². The molecule has 11 aromatic rings. The summed E-state index contributed by atoms with van der Waals surface area (Å²) in [5.41, 5.74) is 15.0. The van der Waals surface area contributed by atoms with Crippen LogP contribution in [0, 0.1) is 0 Å². The minimum atomic E-state index is -0.107. The summed E-state index contributed by atoms with van der Waals surface area (Å²) >= 11 is 0. The van der Waals surface area contributed by atoms with Crippen LogP contribution in [0.3, 0.4) is 0 Å². The summed E-state index contributed by atoms with van der Waals surface area (Å²) in [6.07, 6.45) is 0. The molecular weight excluding hydrogens is 721 g/mol. The molecule has 5 nitrogen and oxygen atoms in total. The van der Waals surface area contributed by atoms with E-state index in [2.05, 4.69) is 152 Å². The third kappa shape index (κ3) is 5.01. The first kappa shape index (κ1) is 33.5. The first-order valence-electron chi connectivity index (χ1n) is 20.1.